The highest BCUT2D eigenvalue weighted by molar-refractivity contribution is 14.1. The summed E-state index contributed by atoms with van der Waals surface area (Å²) in [6.07, 6.45) is 3.09. The third-order valence-corrected chi connectivity index (χ3v) is 3.93. The van der Waals surface area contributed by atoms with Gasteiger partial charge in [-0.05, 0) is 40.8 Å². The zero-order valence-corrected chi connectivity index (χ0v) is 12.6. The van der Waals surface area contributed by atoms with Gasteiger partial charge in [-0.3, -0.25) is 9.48 Å². The molecule has 0 spiro atoms. The van der Waals surface area contributed by atoms with Gasteiger partial charge < -0.3 is 4.90 Å². The summed E-state index contributed by atoms with van der Waals surface area (Å²) in [7, 11) is 1.85. The Kier molecular flexibility index (Phi) is 3.75. The normalized spacial score (nSPS) is 25.1. The van der Waals surface area contributed by atoms with E-state index in [0.717, 1.165) is 16.7 Å². The number of rotatable bonds is 1. The first-order valence-electron chi connectivity index (χ1n) is 5.95. The lowest BCUT2D eigenvalue weighted by Crippen LogP contribution is -2.43. The number of piperidine rings is 1. The SMILES string of the molecule is C[C@@H]1C[C@@H](C)CN(C(=O)c2nn(C)cc2I)C1. The van der Waals surface area contributed by atoms with Gasteiger partial charge in [0.15, 0.2) is 5.69 Å². The number of halogens is 1. The number of likely N-dealkylation sites (tertiary alicyclic amines) is 1. The second-order valence-corrected chi connectivity index (χ2v) is 6.32. The van der Waals surface area contributed by atoms with E-state index in [-0.39, 0.29) is 5.91 Å². The fraction of sp³-hybridized carbons (Fsp3) is 0.667. The van der Waals surface area contributed by atoms with Crippen molar-refractivity contribution in [2.75, 3.05) is 13.1 Å². The van der Waals surface area contributed by atoms with Crippen molar-refractivity contribution in [2.24, 2.45) is 18.9 Å². The molecule has 5 heteroatoms. The first kappa shape index (κ1) is 12.9. The summed E-state index contributed by atoms with van der Waals surface area (Å²) >= 11 is 2.17. The smallest absolute Gasteiger partial charge is 0.275 e. The number of hydrogen-bond acceptors (Lipinski definition) is 2. The molecule has 1 aromatic rings. The van der Waals surface area contributed by atoms with E-state index in [4.69, 9.17) is 0 Å². The summed E-state index contributed by atoms with van der Waals surface area (Å²) in [4.78, 5) is 14.3. The van der Waals surface area contributed by atoms with Gasteiger partial charge in [0, 0.05) is 26.3 Å². The van der Waals surface area contributed by atoms with Crippen molar-refractivity contribution in [3.05, 3.63) is 15.5 Å². The number of nitrogens with zero attached hydrogens (tertiary/aromatic N) is 3. The van der Waals surface area contributed by atoms with Crippen LogP contribution in [0.15, 0.2) is 6.20 Å². The minimum atomic E-state index is 0.0772. The average Bonchev–Trinajstić information content (AvgIpc) is 2.55. The molecule has 4 nitrogen and oxygen atoms in total. The van der Waals surface area contributed by atoms with Gasteiger partial charge in [0.05, 0.1) is 3.57 Å². The van der Waals surface area contributed by atoms with Crippen molar-refractivity contribution in [1.29, 1.82) is 0 Å². The molecule has 0 saturated carbocycles. The minimum Gasteiger partial charge on any atom is -0.337 e. The quantitative estimate of drug-likeness (QED) is 0.730. The van der Waals surface area contributed by atoms with Gasteiger partial charge in [-0.2, -0.15) is 5.10 Å². The summed E-state index contributed by atoms with van der Waals surface area (Å²) in [5.41, 5.74) is 0.592. The van der Waals surface area contributed by atoms with E-state index in [1.165, 1.54) is 6.42 Å². The Labute approximate surface area is 116 Å². The van der Waals surface area contributed by atoms with Crippen LogP contribution in [0.5, 0.6) is 0 Å². The molecule has 0 N–H and O–H groups in total. The van der Waals surface area contributed by atoms with Crippen LogP contribution in [0.4, 0.5) is 0 Å². The lowest BCUT2D eigenvalue weighted by Gasteiger charge is -2.34. The first-order valence-corrected chi connectivity index (χ1v) is 7.03. The van der Waals surface area contributed by atoms with Gasteiger partial charge in [-0.1, -0.05) is 13.8 Å². The fourth-order valence-electron chi connectivity index (χ4n) is 2.58. The molecular formula is C12H18IN3O. The Hall–Kier alpha value is -0.590. The highest BCUT2D eigenvalue weighted by Crippen LogP contribution is 2.23. The molecule has 1 amide bonds. The van der Waals surface area contributed by atoms with Crippen molar-refractivity contribution in [1.82, 2.24) is 14.7 Å². The highest BCUT2D eigenvalue weighted by atomic mass is 127. The van der Waals surface area contributed by atoms with Crippen LogP contribution < -0.4 is 0 Å². The predicted octanol–water partition coefficient (Wildman–Crippen LogP) is 2.14. The predicted molar refractivity (Wildman–Crippen MR) is 74.8 cm³/mol. The van der Waals surface area contributed by atoms with Crippen molar-refractivity contribution in [3.63, 3.8) is 0 Å². The minimum absolute atomic E-state index is 0.0772. The fourth-order valence-corrected chi connectivity index (χ4v) is 3.32. The molecule has 0 radical (unpaired) electrons. The Morgan fingerprint density at radius 2 is 2.00 bits per heavy atom. The monoisotopic (exact) mass is 347 g/mol. The summed E-state index contributed by atoms with van der Waals surface area (Å²) in [5, 5.41) is 4.25. The molecule has 1 aliphatic rings. The largest absolute Gasteiger partial charge is 0.337 e. The maximum atomic E-state index is 12.4. The summed E-state index contributed by atoms with van der Waals surface area (Å²) < 4.78 is 2.63. The number of aromatic nitrogens is 2. The number of carbonyl (C=O) groups is 1. The van der Waals surface area contributed by atoms with Crippen LogP contribution in [-0.2, 0) is 7.05 Å². The van der Waals surface area contributed by atoms with E-state index in [1.807, 2.05) is 18.1 Å². The Morgan fingerprint density at radius 3 is 2.47 bits per heavy atom. The van der Waals surface area contributed by atoms with Gasteiger partial charge in [-0.25, -0.2) is 0 Å². The van der Waals surface area contributed by atoms with E-state index in [2.05, 4.69) is 41.5 Å². The standard InChI is InChI=1S/C12H18IN3O/c1-8-4-9(2)6-16(5-8)12(17)11-10(13)7-15(3)14-11/h7-9H,4-6H2,1-3H3/t8-,9-/m1/s1. The van der Waals surface area contributed by atoms with Crippen LogP contribution in [0.3, 0.4) is 0 Å². The van der Waals surface area contributed by atoms with Crippen LogP contribution in [-0.4, -0.2) is 33.7 Å². The van der Waals surface area contributed by atoms with E-state index in [0.29, 0.717) is 17.5 Å². The number of aryl methyl sites for hydroxylation is 1. The van der Waals surface area contributed by atoms with Crippen LogP contribution in [0.1, 0.15) is 30.8 Å². The molecule has 17 heavy (non-hydrogen) atoms. The number of hydrogen-bond donors (Lipinski definition) is 0. The summed E-state index contributed by atoms with van der Waals surface area (Å²) in [6.45, 7) is 6.13. The molecule has 0 bridgehead atoms. The van der Waals surface area contributed by atoms with Crippen molar-refractivity contribution in [2.45, 2.75) is 20.3 Å². The van der Waals surface area contributed by atoms with Gasteiger partial charge >= 0.3 is 0 Å². The Morgan fingerprint density at radius 1 is 1.41 bits per heavy atom. The topological polar surface area (TPSA) is 38.1 Å². The van der Waals surface area contributed by atoms with Crippen molar-refractivity contribution in [3.8, 4) is 0 Å². The lowest BCUT2D eigenvalue weighted by atomic mass is 9.92. The third-order valence-electron chi connectivity index (χ3n) is 3.14. The second-order valence-electron chi connectivity index (χ2n) is 5.16. The Balaban J connectivity index is 2.17. The van der Waals surface area contributed by atoms with Gasteiger partial charge in [0.1, 0.15) is 0 Å². The maximum absolute atomic E-state index is 12.4. The maximum Gasteiger partial charge on any atom is 0.275 e. The lowest BCUT2D eigenvalue weighted by molar-refractivity contribution is 0.0615. The molecule has 1 saturated heterocycles. The summed E-state index contributed by atoms with van der Waals surface area (Å²) in [5.74, 6) is 1.25. The average molecular weight is 347 g/mol. The zero-order valence-electron chi connectivity index (χ0n) is 10.5. The zero-order chi connectivity index (χ0) is 12.6. The molecule has 1 aromatic heterocycles. The van der Waals surface area contributed by atoms with Gasteiger partial charge in [-0.15, -0.1) is 0 Å². The van der Waals surface area contributed by atoms with E-state index < -0.39 is 0 Å². The number of amides is 1. The molecule has 0 aromatic carbocycles. The molecule has 0 aliphatic carbocycles. The second kappa shape index (κ2) is 4.96. The van der Waals surface area contributed by atoms with Crippen LogP contribution in [0.2, 0.25) is 0 Å². The van der Waals surface area contributed by atoms with E-state index >= 15 is 0 Å². The molecule has 1 aliphatic heterocycles. The molecular weight excluding hydrogens is 329 g/mol. The van der Waals surface area contributed by atoms with Crippen LogP contribution >= 0.6 is 22.6 Å². The summed E-state index contributed by atoms with van der Waals surface area (Å²) in [6, 6.07) is 0. The molecule has 2 rings (SSSR count). The third kappa shape index (κ3) is 2.81. The molecule has 1 fully saturated rings. The Bertz CT molecular complexity index is 419. The van der Waals surface area contributed by atoms with Crippen LogP contribution in [0, 0.1) is 15.4 Å². The number of carbonyl (C=O) groups excluding carboxylic acids is 1. The molecule has 2 atom stereocenters. The highest BCUT2D eigenvalue weighted by Gasteiger charge is 2.28. The molecule has 2 heterocycles. The van der Waals surface area contributed by atoms with Gasteiger partial charge in [0.2, 0.25) is 0 Å². The first-order chi connectivity index (χ1) is 7.97. The van der Waals surface area contributed by atoms with Crippen molar-refractivity contribution < 1.29 is 4.79 Å². The van der Waals surface area contributed by atoms with E-state index in [9.17, 15) is 4.79 Å². The van der Waals surface area contributed by atoms with Crippen LogP contribution in [0.25, 0.3) is 0 Å². The van der Waals surface area contributed by atoms with Crippen molar-refractivity contribution >= 4 is 28.5 Å². The molecule has 94 valence electrons. The molecule has 0 unspecified atom stereocenters. The van der Waals surface area contributed by atoms with E-state index in [1.54, 1.807) is 4.68 Å². The van der Waals surface area contributed by atoms with Gasteiger partial charge in [0.25, 0.3) is 5.91 Å².